The number of benzene rings is 2. The summed E-state index contributed by atoms with van der Waals surface area (Å²) >= 11 is 0. The number of fused-ring (bicyclic) bond motifs is 1. The highest BCUT2D eigenvalue weighted by Gasteiger charge is 2.35. The number of rotatable bonds is 5. The zero-order valence-corrected chi connectivity index (χ0v) is 15.3. The second kappa shape index (κ2) is 7.36. The number of carbonyl (C=O) groups is 1. The fourth-order valence-electron chi connectivity index (χ4n) is 3.21. The SMILES string of the molecule is CC[C@H](Oc1ccccc1F)C(=O)N[C@H]1CC(C)(C)Oc2ccccc21. The van der Waals surface area contributed by atoms with Gasteiger partial charge in [-0.3, -0.25) is 4.79 Å². The average Bonchev–Trinajstić information content (AvgIpc) is 2.60. The number of nitrogens with one attached hydrogen (secondary N) is 1. The summed E-state index contributed by atoms with van der Waals surface area (Å²) in [6.07, 6.45) is 0.324. The second-order valence-electron chi connectivity index (χ2n) is 7.11. The second-order valence-corrected chi connectivity index (χ2v) is 7.11. The lowest BCUT2D eigenvalue weighted by Gasteiger charge is -2.38. The standard InChI is InChI=1S/C21H24FNO3/c1-4-17(25-19-12-8-6-10-15(19)22)20(24)23-16-13-21(2,3)26-18-11-7-5-9-14(16)18/h5-12,16-17H,4,13H2,1-3H3,(H,23,24)/t16-,17-/m0/s1. The van der Waals surface area contributed by atoms with Crippen molar-refractivity contribution in [1.82, 2.24) is 5.32 Å². The minimum absolute atomic E-state index is 0.0854. The lowest BCUT2D eigenvalue weighted by atomic mass is 9.89. The third-order valence-electron chi connectivity index (χ3n) is 4.46. The van der Waals surface area contributed by atoms with Gasteiger partial charge in [0.15, 0.2) is 17.7 Å². The summed E-state index contributed by atoms with van der Waals surface area (Å²) in [6, 6.07) is 13.6. The fourth-order valence-corrected chi connectivity index (χ4v) is 3.21. The summed E-state index contributed by atoms with van der Waals surface area (Å²) in [5.74, 6) is 0.129. The van der Waals surface area contributed by atoms with Crippen molar-refractivity contribution in [1.29, 1.82) is 0 Å². The van der Waals surface area contributed by atoms with Crippen LogP contribution in [-0.2, 0) is 4.79 Å². The van der Waals surface area contributed by atoms with Crippen molar-refractivity contribution in [2.24, 2.45) is 0 Å². The first kappa shape index (κ1) is 18.2. The molecule has 0 unspecified atom stereocenters. The van der Waals surface area contributed by atoms with Crippen LogP contribution in [0.5, 0.6) is 11.5 Å². The Balaban J connectivity index is 1.77. The van der Waals surface area contributed by atoms with Crippen LogP contribution in [0.1, 0.15) is 45.2 Å². The number of hydrogen-bond donors (Lipinski definition) is 1. The zero-order valence-electron chi connectivity index (χ0n) is 15.3. The van der Waals surface area contributed by atoms with E-state index in [0.717, 1.165) is 11.3 Å². The predicted molar refractivity (Wildman–Crippen MR) is 97.8 cm³/mol. The smallest absolute Gasteiger partial charge is 0.261 e. The topological polar surface area (TPSA) is 47.6 Å². The van der Waals surface area contributed by atoms with Crippen LogP contribution < -0.4 is 14.8 Å². The van der Waals surface area contributed by atoms with E-state index in [2.05, 4.69) is 5.32 Å². The normalized spacial score (nSPS) is 19.0. The Morgan fingerprint density at radius 1 is 1.27 bits per heavy atom. The van der Waals surface area contributed by atoms with Crippen molar-refractivity contribution in [2.75, 3.05) is 0 Å². The maximum atomic E-state index is 13.8. The number of carbonyl (C=O) groups excluding carboxylic acids is 1. The summed E-state index contributed by atoms with van der Waals surface area (Å²) in [5.41, 5.74) is 0.557. The molecular formula is C21H24FNO3. The van der Waals surface area contributed by atoms with Crippen molar-refractivity contribution >= 4 is 5.91 Å². The summed E-state index contributed by atoms with van der Waals surface area (Å²) in [4.78, 5) is 12.8. The molecule has 0 aliphatic carbocycles. The molecule has 2 atom stereocenters. The van der Waals surface area contributed by atoms with Gasteiger partial charge in [0.1, 0.15) is 11.4 Å². The monoisotopic (exact) mass is 357 g/mol. The van der Waals surface area contributed by atoms with Crippen molar-refractivity contribution in [3.05, 3.63) is 59.9 Å². The molecule has 0 aromatic heterocycles. The Hall–Kier alpha value is -2.56. The molecule has 0 fully saturated rings. The van der Waals surface area contributed by atoms with Crippen LogP contribution in [0.2, 0.25) is 0 Å². The highest BCUT2D eigenvalue weighted by Crippen LogP contribution is 2.39. The molecular weight excluding hydrogens is 333 g/mol. The third-order valence-corrected chi connectivity index (χ3v) is 4.46. The van der Waals surface area contributed by atoms with E-state index in [0.29, 0.717) is 12.8 Å². The highest BCUT2D eigenvalue weighted by atomic mass is 19.1. The number of para-hydroxylation sites is 2. The molecule has 0 saturated carbocycles. The third kappa shape index (κ3) is 3.98. The Morgan fingerprint density at radius 2 is 1.96 bits per heavy atom. The molecule has 3 rings (SSSR count). The van der Waals surface area contributed by atoms with Crippen LogP contribution in [0.4, 0.5) is 4.39 Å². The molecule has 0 spiro atoms. The maximum absolute atomic E-state index is 13.8. The minimum Gasteiger partial charge on any atom is -0.487 e. The van der Waals surface area contributed by atoms with Crippen LogP contribution in [0.25, 0.3) is 0 Å². The molecule has 1 heterocycles. The Labute approximate surface area is 153 Å². The van der Waals surface area contributed by atoms with E-state index >= 15 is 0 Å². The van der Waals surface area contributed by atoms with Crippen LogP contribution in [0.3, 0.4) is 0 Å². The maximum Gasteiger partial charge on any atom is 0.261 e. The Bertz CT molecular complexity index is 790. The van der Waals surface area contributed by atoms with Gasteiger partial charge in [-0.25, -0.2) is 4.39 Å². The molecule has 2 aromatic carbocycles. The molecule has 5 heteroatoms. The van der Waals surface area contributed by atoms with Gasteiger partial charge >= 0.3 is 0 Å². The van der Waals surface area contributed by atoms with E-state index in [1.54, 1.807) is 12.1 Å². The summed E-state index contributed by atoms with van der Waals surface area (Å²) in [6.45, 7) is 5.83. The number of ether oxygens (including phenoxy) is 2. The van der Waals surface area contributed by atoms with Crippen molar-refractivity contribution in [2.45, 2.75) is 51.4 Å². The molecule has 1 aliphatic rings. The van der Waals surface area contributed by atoms with Gasteiger partial charge in [0.2, 0.25) is 0 Å². The summed E-state index contributed by atoms with van der Waals surface area (Å²) in [7, 11) is 0. The number of amides is 1. The lowest BCUT2D eigenvalue weighted by molar-refractivity contribution is -0.129. The van der Waals surface area contributed by atoms with Gasteiger partial charge in [-0.05, 0) is 38.5 Å². The molecule has 2 aromatic rings. The first-order chi connectivity index (χ1) is 12.4. The van der Waals surface area contributed by atoms with E-state index in [-0.39, 0.29) is 23.3 Å². The van der Waals surface area contributed by atoms with E-state index in [9.17, 15) is 9.18 Å². The Kier molecular flexibility index (Phi) is 5.16. The van der Waals surface area contributed by atoms with Crippen molar-refractivity contribution < 1.29 is 18.7 Å². The molecule has 1 N–H and O–H groups in total. The minimum atomic E-state index is -0.759. The fraction of sp³-hybridized carbons (Fsp3) is 0.381. The molecule has 1 amide bonds. The van der Waals surface area contributed by atoms with Gasteiger partial charge in [0, 0.05) is 12.0 Å². The van der Waals surface area contributed by atoms with E-state index in [4.69, 9.17) is 9.47 Å². The van der Waals surface area contributed by atoms with E-state index < -0.39 is 11.9 Å². The summed E-state index contributed by atoms with van der Waals surface area (Å²) < 4.78 is 25.5. The molecule has 0 radical (unpaired) electrons. The first-order valence-electron chi connectivity index (χ1n) is 8.89. The number of hydrogen-bond acceptors (Lipinski definition) is 3. The lowest BCUT2D eigenvalue weighted by Crippen LogP contribution is -2.45. The van der Waals surface area contributed by atoms with Crippen molar-refractivity contribution in [3.8, 4) is 11.5 Å². The van der Waals surface area contributed by atoms with Gasteiger partial charge < -0.3 is 14.8 Å². The quantitative estimate of drug-likeness (QED) is 0.863. The van der Waals surface area contributed by atoms with Gasteiger partial charge in [-0.2, -0.15) is 0 Å². The van der Waals surface area contributed by atoms with Crippen LogP contribution in [0, 0.1) is 5.82 Å². The van der Waals surface area contributed by atoms with Gasteiger partial charge in [0.05, 0.1) is 6.04 Å². The highest BCUT2D eigenvalue weighted by molar-refractivity contribution is 5.81. The molecule has 0 saturated heterocycles. The first-order valence-corrected chi connectivity index (χ1v) is 8.89. The van der Waals surface area contributed by atoms with E-state index in [1.165, 1.54) is 12.1 Å². The van der Waals surface area contributed by atoms with Gasteiger partial charge in [0.25, 0.3) is 5.91 Å². The number of halogens is 1. The molecule has 0 bridgehead atoms. The van der Waals surface area contributed by atoms with Crippen LogP contribution in [-0.4, -0.2) is 17.6 Å². The molecule has 1 aliphatic heterocycles. The van der Waals surface area contributed by atoms with Gasteiger partial charge in [-0.15, -0.1) is 0 Å². The molecule has 26 heavy (non-hydrogen) atoms. The predicted octanol–water partition coefficient (Wildman–Crippen LogP) is 4.40. The summed E-state index contributed by atoms with van der Waals surface area (Å²) in [5, 5.41) is 3.06. The molecule has 4 nitrogen and oxygen atoms in total. The van der Waals surface area contributed by atoms with Crippen LogP contribution >= 0.6 is 0 Å². The largest absolute Gasteiger partial charge is 0.487 e. The zero-order chi connectivity index (χ0) is 18.7. The van der Waals surface area contributed by atoms with Gasteiger partial charge in [-0.1, -0.05) is 37.3 Å². The van der Waals surface area contributed by atoms with E-state index in [1.807, 2.05) is 45.0 Å². The average molecular weight is 357 g/mol. The van der Waals surface area contributed by atoms with Crippen molar-refractivity contribution in [3.63, 3.8) is 0 Å². The Morgan fingerprint density at radius 3 is 2.69 bits per heavy atom. The van der Waals surface area contributed by atoms with Crippen LogP contribution in [0.15, 0.2) is 48.5 Å². The molecule has 138 valence electrons.